The van der Waals surface area contributed by atoms with E-state index in [1.165, 1.54) is 37.7 Å². The lowest BCUT2D eigenvalue weighted by Crippen LogP contribution is -2.22. The van der Waals surface area contributed by atoms with Crippen molar-refractivity contribution in [1.82, 2.24) is 15.3 Å². The van der Waals surface area contributed by atoms with Gasteiger partial charge in [-0.1, -0.05) is 12.5 Å². The van der Waals surface area contributed by atoms with Crippen LogP contribution in [0.4, 0.5) is 0 Å². The minimum absolute atomic E-state index is 0.445. The summed E-state index contributed by atoms with van der Waals surface area (Å²) in [5.74, 6) is 2.94. The first-order valence-corrected chi connectivity index (χ1v) is 8.21. The average Bonchev–Trinajstić information content (AvgIpc) is 3.15. The van der Waals surface area contributed by atoms with Gasteiger partial charge in [-0.3, -0.25) is 9.97 Å². The molecule has 1 aromatic carbocycles. The summed E-state index contributed by atoms with van der Waals surface area (Å²) in [6.07, 6.45) is 10.7. The summed E-state index contributed by atoms with van der Waals surface area (Å²) in [6, 6.07) is 6.96. The fraction of sp³-hybridized carbons (Fsp3) is 0.556. The van der Waals surface area contributed by atoms with Crippen molar-refractivity contribution in [2.75, 3.05) is 7.05 Å². The molecule has 2 bridgehead atoms. The van der Waals surface area contributed by atoms with Gasteiger partial charge in [0.2, 0.25) is 0 Å². The maximum absolute atomic E-state index is 4.44. The van der Waals surface area contributed by atoms with E-state index in [1.807, 2.05) is 0 Å². The Morgan fingerprint density at radius 1 is 1.14 bits per heavy atom. The number of fused-ring (bicyclic) bond motifs is 3. The fourth-order valence-electron chi connectivity index (χ4n) is 4.59. The molecule has 1 aromatic heterocycles. The van der Waals surface area contributed by atoms with E-state index in [0.717, 1.165) is 28.8 Å². The van der Waals surface area contributed by atoms with E-state index in [9.17, 15) is 0 Å². The number of hydrogen-bond acceptors (Lipinski definition) is 3. The Balaban J connectivity index is 1.56. The van der Waals surface area contributed by atoms with Gasteiger partial charge in [-0.05, 0) is 68.2 Å². The number of aromatic nitrogens is 2. The molecule has 21 heavy (non-hydrogen) atoms. The van der Waals surface area contributed by atoms with Crippen LogP contribution in [-0.2, 0) is 0 Å². The molecule has 0 saturated heterocycles. The molecule has 0 aliphatic heterocycles. The number of nitrogens with one attached hydrogen (secondary N) is 1. The largest absolute Gasteiger partial charge is 0.313 e. The van der Waals surface area contributed by atoms with Crippen molar-refractivity contribution in [1.29, 1.82) is 0 Å². The van der Waals surface area contributed by atoms with Crippen LogP contribution in [-0.4, -0.2) is 17.0 Å². The van der Waals surface area contributed by atoms with E-state index < -0.39 is 0 Å². The monoisotopic (exact) mass is 281 g/mol. The summed E-state index contributed by atoms with van der Waals surface area (Å²) in [5.41, 5.74) is 3.34. The van der Waals surface area contributed by atoms with Crippen molar-refractivity contribution in [2.24, 2.45) is 17.8 Å². The van der Waals surface area contributed by atoms with Gasteiger partial charge in [-0.25, -0.2) is 0 Å². The van der Waals surface area contributed by atoms with Crippen molar-refractivity contribution in [3.8, 4) is 0 Å². The smallest absolute Gasteiger partial charge is 0.0890 e. The van der Waals surface area contributed by atoms with Crippen LogP contribution in [0.1, 0.15) is 43.7 Å². The first-order chi connectivity index (χ1) is 10.3. The molecule has 0 spiro atoms. The lowest BCUT2D eigenvalue weighted by Gasteiger charge is -2.27. The van der Waals surface area contributed by atoms with E-state index in [0.29, 0.717) is 6.04 Å². The van der Waals surface area contributed by atoms with Crippen LogP contribution in [0.25, 0.3) is 11.0 Å². The molecule has 0 radical (unpaired) electrons. The summed E-state index contributed by atoms with van der Waals surface area (Å²) in [6.45, 7) is 0. The van der Waals surface area contributed by atoms with Crippen LogP contribution in [0.3, 0.4) is 0 Å². The highest BCUT2D eigenvalue weighted by molar-refractivity contribution is 5.74. The van der Waals surface area contributed by atoms with Gasteiger partial charge in [0.05, 0.1) is 11.0 Å². The minimum Gasteiger partial charge on any atom is -0.313 e. The quantitative estimate of drug-likeness (QED) is 0.928. The van der Waals surface area contributed by atoms with Crippen LogP contribution in [0, 0.1) is 17.8 Å². The van der Waals surface area contributed by atoms with Gasteiger partial charge < -0.3 is 5.32 Å². The molecular weight excluding hydrogens is 258 g/mol. The van der Waals surface area contributed by atoms with Crippen LogP contribution >= 0.6 is 0 Å². The maximum Gasteiger partial charge on any atom is 0.0890 e. The molecule has 4 rings (SSSR count). The number of rotatable bonds is 4. The highest BCUT2D eigenvalue weighted by Gasteiger charge is 2.40. The second kappa shape index (κ2) is 5.38. The maximum atomic E-state index is 4.44. The van der Waals surface area contributed by atoms with Gasteiger partial charge in [-0.15, -0.1) is 0 Å². The van der Waals surface area contributed by atoms with Crippen molar-refractivity contribution >= 4 is 11.0 Å². The molecule has 3 heteroatoms. The molecule has 2 saturated carbocycles. The SMILES string of the molecule is CNC(CC1CC2CCC1C2)c1ccc2nccnc2c1. The zero-order chi connectivity index (χ0) is 14.2. The predicted octanol–water partition coefficient (Wildman–Crippen LogP) is 3.72. The summed E-state index contributed by atoms with van der Waals surface area (Å²) >= 11 is 0. The van der Waals surface area contributed by atoms with E-state index in [-0.39, 0.29) is 0 Å². The molecule has 2 aromatic rings. The molecule has 3 nitrogen and oxygen atoms in total. The van der Waals surface area contributed by atoms with Crippen molar-refractivity contribution in [2.45, 2.75) is 38.1 Å². The van der Waals surface area contributed by atoms with Crippen LogP contribution in [0.5, 0.6) is 0 Å². The number of nitrogens with zero attached hydrogens (tertiary/aromatic N) is 2. The van der Waals surface area contributed by atoms with Crippen LogP contribution in [0.2, 0.25) is 0 Å². The standard InChI is InChI=1S/C18H23N3/c1-19-17(11-15-9-12-2-3-13(15)8-12)14-4-5-16-18(10-14)21-7-6-20-16/h4-7,10,12-13,15,17,19H,2-3,8-9,11H2,1H3. The Labute approximate surface area is 126 Å². The average molecular weight is 281 g/mol. The highest BCUT2D eigenvalue weighted by Crippen LogP contribution is 2.50. The first kappa shape index (κ1) is 13.2. The zero-order valence-electron chi connectivity index (χ0n) is 12.6. The van der Waals surface area contributed by atoms with E-state index in [4.69, 9.17) is 0 Å². The Morgan fingerprint density at radius 2 is 2.00 bits per heavy atom. The predicted molar refractivity (Wildman–Crippen MR) is 84.9 cm³/mol. The minimum atomic E-state index is 0.445. The van der Waals surface area contributed by atoms with Crippen molar-refractivity contribution < 1.29 is 0 Å². The highest BCUT2D eigenvalue weighted by atomic mass is 14.9. The second-order valence-corrected chi connectivity index (χ2v) is 6.82. The first-order valence-electron chi connectivity index (χ1n) is 8.21. The van der Waals surface area contributed by atoms with E-state index in [1.54, 1.807) is 12.4 Å². The topological polar surface area (TPSA) is 37.8 Å². The van der Waals surface area contributed by atoms with Gasteiger partial charge in [-0.2, -0.15) is 0 Å². The Hall–Kier alpha value is -1.48. The lowest BCUT2D eigenvalue weighted by atomic mass is 9.83. The van der Waals surface area contributed by atoms with Crippen LogP contribution in [0.15, 0.2) is 30.6 Å². The Morgan fingerprint density at radius 3 is 2.71 bits per heavy atom. The number of hydrogen-bond donors (Lipinski definition) is 1. The molecule has 4 unspecified atom stereocenters. The summed E-state index contributed by atoms with van der Waals surface area (Å²) < 4.78 is 0. The fourth-order valence-corrected chi connectivity index (χ4v) is 4.59. The summed E-state index contributed by atoms with van der Waals surface area (Å²) in [4.78, 5) is 8.80. The van der Waals surface area contributed by atoms with Gasteiger partial charge in [0, 0.05) is 18.4 Å². The molecule has 1 N–H and O–H groups in total. The number of benzene rings is 1. The molecular formula is C18H23N3. The molecule has 0 amide bonds. The van der Waals surface area contributed by atoms with Gasteiger partial charge in [0.1, 0.15) is 0 Å². The zero-order valence-corrected chi connectivity index (χ0v) is 12.6. The Kier molecular flexibility index (Phi) is 3.38. The lowest BCUT2D eigenvalue weighted by molar-refractivity contribution is 0.284. The van der Waals surface area contributed by atoms with E-state index >= 15 is 0 Å². The third-order valence-electron chi connectivity index (χ3n) is 5.67. The van der Waals surface area contributed by atoms with Gasteiger partial charge in [0.15, 0.2) is 0 Å². The normalized spacial score (nSPS) is 29.1. The van der Waals surface area contributed by atoms with Crippen LogP contribution < -0.4 is 5.32 Å². The van der Waals surface area contributed by atoms with Crippen molar-refractivity contribution in [3.63, 3.8) is 0 Å². The molecule has 2 aliphatic rings. The molecule has 1 heterocycles. The van der Waals surface area contributed by atoms with Gasteiger partial charge in [0.25, 0.3) is 0 Å². The molecule has 4 atom stereocenters. The summed E-state index contributed by atoms with van der Waals surface area (Å²) in [7, 11) is 2.08. The summed E-state index contributed by atoms with van der Waals surface area (Å²) in [5, 5.41) is 3.52. The third kappa shape index (κ3) is 2.44. The second-order valence-electron chi connectivity index (χ2n) is 6.82. The van der Waals surface area contributed by atoms with E-state index in [2.05, 4.69) is 40.5 Å². The third-order valence-corrected chi connectivity index (χ3v) is 5.67. The Bertz CT molecular complexity index is 639. The molecule has 2 fully saturated rings. The van der Waals surface area contributed by atoms with Gasteiger partial charge >= 0.3 is 0 Å². The molecule has 110 valence electrons. The van der Waals surface area contributed by atoms with Crippen molar-refractivity contribution in [3.05, 3.63) is 36.2 Å². The molecule has 2 aliphatic carbocycles.